The molecule has 0 aromatic heterocycles. The Morgan fingerprint density at radius 3 is 2.42 bits per heavy atom. The van der Waals surface area contributed by atoms with Gasteiger partial charge in [-0.15, -0.1) is 0 Å². The van der Waals surface area contributed by atoms with Gasteiger partial charge < -0.3 is 5.11 Å². The van der Waals surface area contributed by atoms with Crippen LogP contribution in [0.1, 0.15) is 33.1 Å². The lowest BCUT2D eigenvalue weighted by Crippen LogP contribution is -2.49. The lowest BCUT2D eigenvalue weighted by Gasteiger charge is -2.34. The van der Waals surface area contributed by atoms with Gasteiger partial charge in [-0.25, -0.2) is 0 Å². The van der Waals surface area contributed by atoms with E-state index in [1.54, 1.807) is 6.92 Å². The van der Waals surface area contributed by atoms with Gasteiger partial charge in [0.05, 0.1) is 5.92 Å². The smallest absolute Gasteiger partial charge is 0.308 e. The van der Waals surface area contributed by atoms with Crippen LogP contribution in [0, 0.1) is 11.8 Å². The predicted molar refractivity (Wildman–Crippen MR) is 70.8 cm³/mol. The first-order valence-corrected chi connectivity index (χ1v) is 8.23. The number of aliphatic carboxylic acids is 1. The predicted octanol–water partition coefficient (Wildman–Crippen LogP) is 0.758. The molecular formula is C12H22N2O4S. The molecule has 0 saturated carbocycles. The second-order valence-electron chi connectivity index (χ2n) is 5.70. The second kappa shape index (κ2) is 5.38. The van der Waals surface area contributed by atoms with E-state index in [9.17, 15) is 13.2 Å². The van der Waals surface area contributed by atoms with Crippen LogP contribution in [-0.2, 0) is 15.0 Å². The van der Waals surface area contributed by atoms with Crippen molar-refractivity contribution in [2.75, 3.05) is 19.6 Å². The number of hydrogen-bond donors (Lipinski definition) is 1. The summed E-state index contributed by atoms with van der Waals surface area (Å²) in [7, 11) is -3.51. The number of carboxylic acid groups (broad SMARTS) is 1. The number of hydrogen-bond acceptors (Lipinski definition) is 3. The molecule has 2 fully saturated rings. The van der Waals surface area contributed by atoms with Crippen LogP contribution in [0.5, 0.6) is 0 Å². The van der Waals surface area contributed by atoms with Gasteiger partial charge in [-0.3, -0.25) is 4.79 Å². The number of carbonyl (C=O) groups is 1. The summed E-state index contributed by atoms with van der Waals surface area (Å²) in [6.07, 6.45) is 2.34. The van der Waals surface area contributed by atoms with Crippen molar-refractivity contribution in [1.29, 1.82) is 0 Å². The molecule has 2 rings (SSSR count). The molecule has 0 aromatic rings. The summed E-state index contributed by atoms with van der Waals surface area (Å²) in [6.45, 7) is 5.15. The van der Waals surface area contributed by atoms with Gasteiger partial charge in [0.25, 0.3) is 10.2 Å². The molecule has 0 radical (unpaired) electrons. The molecule has 0 aliphatic carbocycles. The summed E-state index contributed by atoms with van der Waals surface area (Å²) >= 11 is 0. The Morgan fingerprint density at radius 2 is 1.89 bits per heavy atom. The molecule has 2 heterocycles. The van der Waals surface area contributed by atoms with E-state index >= 15 is 0 Å². The van der Waals surface area contributed by atoms with Crippen LogP contribution in [0.25, 0.3) is 0 Å². The number of rotatable bonds is 3. The Kier molecular flexibility index (Phi) is 4.17. The maximum atomic E-state index is 12.6. The Bertz CT molecular complexity index is 451. The van der Waals surface area contributed by atoms with Crippen LogP contribution < -0.4 is 0 Å². The van der Waals surface area contributed by atoms with Gasteiger partial charge in [0, 0.05) is 25.7 Å². The lowest BCUT2D eigenvalue weighted by molar-refractivity contribution is -0.142. The van der Waals surface area contributed by atoms with Gasteiger partial charge in [-0.1, -0.05) is 6.92 Å². The summed E-state index contributed by atoms with van der Waals surface area (Å²) in [4.78, 5) is 11.1. The van der Waals surface area contributed by atoms with E-state index in [-0.39, 0.29) is 0 Å². The first-order chi connectivity index (χ1) is 8.84. The fourth-order valence-electron chi connectivity index (χ4n) is 3.07. The summed E-state index contributed by atoms with van der Waals surface area (Å²) in [5.74, 6) is -1.12. The minimum atomic E-state index is -3.51. The van der Waals surface area contributed by atoms with E-state index in [2.05, 4.69) is 6.92 Å². The molecule has 0 amide bonds. The molecular weight excluding hydrogens is 268 g/mol. The van der Waals surface area contributed by atoms with Crippen LogP contribution in [0.3, 0.4) is 0 Å². The van der Waals surface area contributed by atoms with Crippen LogP contribution in [-0.4, -0.2) is 53.8 Å². The highest BCUT2D eigenvalue weighted by molar-refractivity contribution is 7.86. The van der Waals surface area contributed by atoms with Crippen LogP contribution in [0.2, 0.25) is 0 Å². The van der Waals surface area contributed by atoms with Gasteiger partial charge in [0.15, 0.2) is 0 Å². The Morgan fingerprint density at radius 1 is 1.21 bits per heavy atom. The summed E-state index contributed by atoms with van der Waals surface area (Å²) < 4.78 is 28.0. The first kappa shape index (κ1) is 14.7. The normalized spacial score (nSPS) is 34.5. The maximum absolute atomic E-state index is 12.6. The zero-order chi connectivity index (χ0) is 14.2. The average Bonchev–Trinajstić information content (AvgIpc) is 2.71. The summed E-state index contributed by atoms with van der Waals surface area (Å²) in [5.41, 5.74) is 0. The molecule has 19 heavy (non-hydrogen) atoms. The average molecular weight is 290 g/mol. The van der Waals surface area contributed by atoms with E-state index in [0.717, 1.165) is 12.8 Å². The third kappa shape index (κ3) is 2.78. The molecule has 0 aromatic carbocycles. The van der Waals surface area contributed by atoms with Crippen molar-refractivity contribution in [2.45, 2.75) is 39.2 Å². The van der Waals surface area contributed by atoms with Gasteiger partial charge in [0.1, 0.15) is 0 Å². The standard InChI is InChI=1S/C12H22N2O4S/c1-9-4-3-6-13(8-9)19(17,18)14-7-5-11(10(14)2)12(15)16/h9-11H,3-8H2,1-2H3,(H,15,16). The minimum absolute atomic E-state index is 0.311. The highest BCUT2D eigenvalue weighted by Gasteiger charge is 2.44. The minimum Gasteiger partial charge on any atom is -0.481 e. The third-order valence-electron chi connectivity index (χ3n) is 4.26. The highest BCUT2D eigenvalue weighted by atomic mass is 32.2. The van der Waals surface area contributed by atoms with Gasteiger partial charge in [0.2, 0.25) is 0 Å². The fraction of sp³-hybridized carbons (Fsp3) is 0.917. The van der Waals surface area contributed by atoms with Crippen molar-refractivity contribution in [3.05, 3.63) is 0 Å². The molecule has 2 saturated heterocycles. The molecule has 2 aliphatic heterocycles. The van der Waals surface area contributed by atoms with Crippen molar-refractivity contribution in [2.24, 2.45) is 11.8 Å². The summed E-state index contributed by atoms with van der Waals surface area (Å²) in [6, 6.07) is -0.459. The molecule has 0 spiro atoms. The third-order valence-corrected chi connectivity index (χ3v) is 6.35. The van der Waals surface area contributed by atoms with Crippen LogP contribution in [0.15, 0.2) is 0 Å². The molecule has 3 unspecified atom stereocenters. The number of piperidine rings is 1. The van der Waals surface area contributed by atoms with Crippen LogP contribution >= 0.6 is 0 Å². The van der Waals surface area contributed by atoms with Crippen LogP contribution in [0.4, 0.5) is 0 Å². The Labute approximate surface area is 114 Å². The van der Waals surface area contributed by atoms with E-state index in [1.165, 1.54) is 8.61 Å². The molecule has 2 aliphatic rings. The lowest BCUT2D eigenvalue weighted by atomic mass is 10.0. The van der Waals surface area contributed by atoms with Crippen molar-refractivity contribution < 1.29 is 18.3 Å². The molecule has 110 valence electrons. The van der Waals surface area contributed by atoms with Crippen molar-refractivity contribution in [1.82, 2.24) is 8.61 Å². The van der Waals surface area contributed by atoms with Crippen molar-refractivity contribution in [3.63, 3.8) is 0 Å². The zero-order valence-corrected chi connectivity index (χ0v) is 12.3. The number of nitrogens with zero attached hydrogens (tertiary/aromatic N) is 2. The SMILES string of the molecule is CC1CCCN(S(=O)(=O)N2CCC(C(=O)O)C2C)C1. The topological polar surface area (TPSA) is 77.9 Å². The van der Waals surface area contributed by atoms with Crippen molar-refractivity contribution in [3.8, 4) is 0 Å². The zero-order valence-electron chi connectivity index (χ0n) is 11.4. The number of carboxylic acids is 1. The molecule has 1 N–H and O–H groups in total. The van der Waals surface area contributed by atoms with E-state index in [1.807, 2.05) is 0 Å². The molecule has 0 bridgehead atoms. The Balaban J connectivity index is 2.14. The van der Waals surface area contributed by atoms with Crippen molar-refractivity contribution >= 4 is 16.2 Å². The molecule has 7 heteroatoms. The Hall–Kier alpha value is -0.660. The second-order valence-corrected chi connectivity index (χ2v) is 7.58. The van der Waals surface area contributed by atoms with E-state index in [4.69, 9.17) is 5.11 Å². The monoisotopic (exact) mass is 290 g/mol. The largest absolute Gasteiger partial charge is 0.481 e. The molecule has 6 nitrogen and oxygen atoms in total. The van der Waals surface area contributed by atoms with E-state index in [0.29, 0.717) is 32.0 Å². The first-order valence-electron chi connectivity index (χ1n) is 6.83. The van der Waals surface area contributed by atoms with Gasteiger partial charge >= 0.3 is 5.97 Å². The highest BCUT2D eigenvalue weighted by Crippen LogP contribution is 2.30. The van der Waals surface area contributed by atoms with E-state index < -0.39 is 28.1 Å². The van der Waals surface area contributed by atoms with Gasteiger partial charge in [-0.05, 0) is 32.1 Å². The quantitative estimate of drug-likeness (QED) is 0.832. The molecule has 3 atom stereocenters. The summed E-state index contributed by atoms with van der Waals surface area (Å²) in [5, 5.41) is 9.08. The fourth-order valence-corrected chi connectivity index (χ4v) is 5.07. The maximum Gasteiger partial charge on any atom is 0.308 e. The van der Waals surface area contributed by atoms with Gasteiger partial charge in [-0.2, -0.15) is 17.0 Å².